The highest BCUT2D eigenvalue weighted by atomic mass is 16.5. The Kier molecular flexibility index (Phi) is 3.44. The average molecular weight is 223 g/mol. The molecule has 1 aromatic rings. The summed E-state index contributed by atoms with van der Waals surface area (Å²) in [6.07, 6.45) is 6.56. The topological polar surface area (TPSA) is 70.1 Å². The Hall–Kier alpha value is -1.52. The number of hydrogen-bond donors (Lipinski definition) is 1. The third-order valence-electron chi connectivity index (χ3n) is 2.97. The van der Waals surface area contributed by atoms with E-state index in [2.05, 4.69) is 5.10 Å². The Labute approximate surface area is 94.6 Å². The number of anilines is 1. The van der Waals surface area contributed by atoms with E-state index in [9.17, 15) is 4.79 Å². The molecule has 0 aliphatic heterocycles. The Morgan fingerprint density at radius 1 is 1.62 bits per heavy atom. The molecule has 2 rings (SSSR count). The number of ether oxygens (including phenoxy) is 1. The van der Waals surface area contributed by atoms with Crippen LogP contribution >= 0.6 is 0 Å². The van der Waals surface area contributed by atoms with Crippen molar-refractivity contribution in [3.05, 3.63) is 12.3 Å². The van der Waals surface area contributed by atoms with Gasteiger partial charge in [-0.05, 0) is 18.4 Å². The molecule has 1 aliphatic rings. The minimum atomic E-state index is -0.248. The van der Waals surface area contributed by atoms with E-state index in [-0.39, 0.29) is 12.5 Å². The second-order valence-corrected chi connectivity index (χ2v) is 4.24. The zero-order chi connectivity index (χ0) is 11.4. The van der Waals surface area contributed by atoms with Crippen LogP contribution in [0.25, 0.3) is 0 Å². The molecule has 0 bridgehead atoms. The zero-order valence-corrected chi connectivity index (χ0v) is 9.26. The Balaban J connectivity index is 1.63. The summed E-state index contributed by atoms with van der Waals surface area (Å²) in [6.45, 7) is 0.669. The standard InChI is InChI=1S/C11H17N3O2/c12-10-4-6-14(13-10)8-11(15)16-7-5-9-2-1-3-9/h4,6,9H,1-3,5,7-8H2,(H2,12,13). The summed E-state index contributed by atoms with van der Waals surface area (Å²) in [5.74, 6) is 0.942. The van der Waals surface area contributed by atoms with Crippen LogP contribution in [0.3, 0.4) is 0 Å². The summed E-state index contributed by atoms with van der Waals surface area (Å²) >= 11 is 0. The minimum absolute atomic E-state index is 0.141. The molecule has 0 spiro atoms. The largest absolute Gasteiger partial charge is 0.464 e. The zero-order valence-electron chi connectivity index (χ0n) is 9.26. The van der Waals surface area contributed by atoms with Gasteiger partial charge in [0.2, 0.25) is 0 Å². The van der Waals surface area contributed by atoms with Crippen molar-refractivity contribution >= 4 is 11.8 Å². The lowest BCUT2D eigenvalue weighted by Gasteiger charge is -2.24. The fourth-order valence-electron chi connectivity index (χ4n) is 1.76. The van der Waals surface area contributed by atoms with Crippen LogP contribution in [0.4, 0.5) is 5.82 Å². The molecule has 0 saturated heterocycles. The monoisotopic (exact) mass is 223 g/mol. The molecule has 0 radical (unpaired) electrons. The van der Waals surface area contributed by atoms with Gasteiger partial charge in [-0.1, -0.05) is 19.3 Å². The van der Waals surface area contributed by atoms with Crippen molar-refractivity contribution in [1.29, 1.82) is 0 Å². The Bertz CT molecular complexity index is 358. The molecule has 88 valence electrons. The molecular weight excluding hydrogens is 206 g/mol. The predicted molar refractivity (Wildman–Crippen MR) is 59.6 cm³/mol. The number of nitrogens with two attached hydrogens (primary N) is 1. The van der Waals surface area contributed by atoms with Crippen LogP contribution < -0.4 is 5.73 Å². The molecule has 0 aromatic carbocycles. The van der Waals surface area contributed by atoms with Gasteiger partial charge in [0.25, 0.3) is 0 Å². The maximum Gasteiger partial charge on any atom is 0.327 e. The first-order valence-electron chi connectivity index (χ1n) is 5.68. The first-order valence-corrected chi connectivity index (χ1v) is 5.68. The minimum Gasteiger partial charge on any atom is -0.464 e. The predicted octanol–water partition coefficient (Wildman–Crippen LogP) is 1.20. The molecule has 1 aromatic heterocycles. The summed E-state index contributed by atoms with van der Waals surface area (Å²) in [5, 5.41) is 3.91. The van der Waals surface area contributed by atoms with E-state index in [4.69, 9.17) is 10.5 Å². The van der Waals surface area contributed by atoms with E-state index in [0.717, 1.165) is 12.3 Å². The molecule has 1 fully saturated rings. The van der Waals surface area contributed by atoms with Crippen LogP contribution in [0.2, 0.25) is 0 Å². The van der Waals surface area contributed by atoms with E-state index in [1.807, 2.05) is 0 Å². The highest BCUT2D eigenvalue weighted by Gasteiger charge is 2.17. The van der Waals surface area contributed by atoms with Crippen molar-refractivity contribution in [2.45, 2.75) is 32.2 Å². The summed E-state index contributed by atoms with van der Waals surface area (Å²) in [5.41, 5.74) is 5.44. The third-order valence-corrected chi connectivity index (χ3v) is 2.97. The molecular formula is C11H17N3O2. The molecule has 1 heterocycles. The van der Waals surface area contributed by atoms with E-state index < -0.39 is 0 Å². The van der Waals surface area contributed by atoms with Gasteiger partial charge in [-0.25, -0.2) is 0 Å². The van der Waals surface area contributed by atoms with E-state index in [0.29, 0.717) is 12.4 Å². The number of carbonyl (C=O) groups excluding carboxylic acids is 1. The molecule has 5 heteroatoms. The van der Waals surface area contributed by atoms with Crippen LogP contribution in [0.5, 0.6) is 0 Å². The number of carbonyl (C=O) groups is 1. The lowest BCUT2D eigenvalue weighted by atomic mass is 9.83. The van der Waals surface area contributed by atoms with E-state index in [1.165, 1.54) is 23.9 Å². The maximum atomic E-state index is 11.4. The van der Waals surface area contributed by atoms with Crippen LogP contribution in [0, 0.1) is 5.92 Å². The van der Waals surface area contributed by atoms with Crippen LogP contribution in [-0.4, -0.2) is 22.4 Å². The van der Waals surface area contributed by atoms with Crippen molar-refractivity contribution in [3.63, 3.8) is 0 Å². The van der Waals surface area contributed by atoms with Crippen LogP contribution in [0.15, 0.2) is 12.3 Å². The Morgan fingerprint density at radius 2 is 2.44 bits per heavy atom. The van der Waals surface area contributed by atoms with Crippen LogP contribution in [0.1, 0.15) is 25.7 Å². The molecule has 1 saturated carbocycles. The van der Waals surface area contributed by atoms with Gasteiger partial charge in [-0.15, -0.1) is 0 Å². The molecule has 0 atom stereocenters. The lowest BCUT2D eigenvalue weighted by Crippen LogP contribution is -2.18. The van der Waals surface area contributed by atoms with Crippen molar-refractivity contribution < 1.29 is 9.53 Å². The molecule has 1 aliphatic carbocycles. The molecule has 0 amide bonds. The summed E-state index contributed by atoms with van der Waals surface area (Å²) in [4.78, 5) is 11.4. The summed E-state index contributed by atoms with van der Waals surface area (Å²) < 4.78 is 6.61. The van der Waals surface area contributed by atoms with Gasteiger partial charge in [0.1, 0.15) is 12.4 Å². The lowest BCUT2D eigenvalue weighted by molar-refractivity contribution is -0.145. The van der Waals surface area contributed by atoms with Gasteiger partial charge < -0.3 is 10.5 Å². The summed E-state index contributed by atoms with van der Waals surface area (Å²) in [6, 6.07) is 1.65. The SMILES string of the molecule is Nc1ccn(CC(=O)OCCC2CCC2)n1. The van der Waals surface area contributed by atoms with Gasteiger partial charge in [0.05, 0.1) is 6.61 Å². The fourth-order valence-corrected chi connectivity index (χ4v) is 1.76. The molecule has 16 heavy (non-hydrogen) atoms. The van der Waals surface area contributed by atoms with E-state index >= 15 is 0 Å². The van der Waals surface area contributed by atoms with Crippen molar-refractivity contribution in [3.8, 4) is 0 Å². The van der Waals surface area contributed by atoms with Gasteiger partial charge in [-0.2, -0.15) is 5.10 Å². The van der Waals surface area contributed by atoms with Gasteiger partial charge in [0.15, 0.2) is 0 Å². The Morgan fingerprint density at radius 3 is 3.00 bits per heavy atom. The number of hydrogen-bond acceptors (Lipinski definition) is 4. The fraction of sp³-hybridized carbons (Fsp3) is 0.636. The number of nitrogen functional groups attached to an aromatic ring is 1. The van der Waals surface area contributed by atoms with Crippen molar-refractivity contribution in [2.75, 3.05) is 12.3 Å². The molecule has 0 unspecified atom stereocenters. The quantitative estimate of drug-likeness (QED) is 0.761. The third kappa shape index (κ3) is 2.98. The van der Waals surface area contributed by atoms with Crippen molar-refractivity contribution in [1.82, 2.24) is 9.78 Å². The first kappa shape index (κ1) is 11.0. The molecule has 5 nitrogen and oxygen atoms in total. The number of aromatic nitrogens is 2. The van der Waals surface area contributed by atoms with Gasteiger partial charge in [0, 0.05) is 6.20 Å². The van der Waals surface area contributed by atoms with Crippen LogP contribution in [-0.2, 0) is 16.1 Å². The van der Waals surface area contributed by atoms with Crippen molar-refractivity contribution in [2.24, 2.45) is 5.92 Å². The number of nitrogens with zero attached hydrogens (tertiary/aromatic N) is 2. The van der Waals surface area contributed by atoms with Gasteiger partial charge >= 0.3 is 5.97 Å². The maximum absolute atomic E-state index is 11.4. The second kappa shape index (κ2) is 5.01. The second-order valence-electron chi connectivity index (χ2n) is 4.24. The normalized spacial score (nSPS) is 15.8. The molecule has 2 N–H and O–H groups in total. The number of rotatable bonds is 5. The smallest absolute Gasteiger partial charge is 0.327 e. The van der Waals surface area contributed by atoms with Gasteiger partial charge in [-0.3, -0.25) is 9.48 Å². The van der Waals surface area contributed by atoms with E-state index in [1.54, 1.807) is 12.3 Å². The average Bonchev–Trinajstić information content (AvgIpc) is 2.56. The number of esters is 1. The highest BCUT2D eigenvalue weighted by molar-refractivity contribution is 5.69. The highest BCUT2D eigenvalue weighted by Crippen LogP contribution is 2.29. The summed E-state index contributed by atoms with van der Waals surface area (Å²) in [7, 11) is 0. The first-order chi connectivity index (χ1) is 7.74.